The zero-order chi connectivity index (χ0) is 14.8. The van der Waals surface area contributed by atoms with Gasteiger partial charge in [-0.15, -0.1) is 0 Å². The van der Waals surface area contributed by atoms with Crippen LogP contribution in [0.3, 0.4) is 0 Å². The molecule has 1 heterocycles. The van der Waals surface area contributed by atoms with E-state index in [9.17, 15) is 9.18 Å². The number of rotatable bonds is 2. The zero-order valence-electron chi connectivity index (χ0n) is 11.0. The fourth-order valence-electron chi connectivity index (χ4n) is 2.13. The molecule has 2 N–H and O–H groups in total. The molecule has 108 valence electrons. The molecule has 1 amide bonds. The Morgan fingerprint density at radius 2 is 2.19 bits per heavy atom. The molecule has 6 heteroatoms. The second-order valence-electron chi connectivity index (χ2n) is 4.54. The minimum absolute atomic E-state index is 0.0748. The number of nitrogens with one attached hydrogen (secondary N) is 2. The van der Waals surface area contributed by atoms with Crippen molar-refractivity contribution < 1.29 is 13.9 Å². The molecular weight excluding hydrogens is 295 g/mol. The molecule has 0 aliphatic carbocycles. The Morgan fingerprint density at radius 3 is 3.00 bits per heavy atom. The van der Waals surface area contributed by atoms with Gasteiger partial charge >= 0.3 is 0 Å². The summed E-state index contributed by atoms with van der Waals surface area (Å²) >= 11 is 5.68. The third kappa shape index (κ3) is 2.78. The Morgan fingerprint density at radius 1 is 1.33 bits per heavy atom. The highest BCUT2D eigenvalue weighted by molar-refractivity contribution is 6.30. The number of para-hydroxylation sites is 1. The predicted molar refractivity (Wildman–Crippen MR) is 79.8 cm³/mol. The molecule has 0 aromatic heterocycles. The second-order valence-corrected chi connectivity index (χ2v) is 4.97. The third-order valence-electron chi connectivity index (χ3n) is 3.10. The van der Waals surface area contributed by atoms with Crippen molar-refractivity contribution in [3.8, 4) is 5.75 Å². The van der Waals surface area contributed by atoms with E-state index in [-0.39, 0.29) is 10.7 Å². The number of carbonyl (C=O) groups is 1. The van der Waals surface area contributed by atoms with Gasteiger partial charge in [-0.1, -0.05) is 17.7 Å². The summed E-state index contributed by atoms with van der Waals surface area (Å²) in [7, 11) is 0. The van der Waals surface area contributed by atoms with Crippen LogP contribution in [0.4, 0.5) is 15.8 Å². The van der Waals surface area contributed by atoms with Gasteiger partial charge in [0.25, 0.3) is 5.91 Å². The standard InChI is InChI=1S/C15H12ClFN2O2/c16-9-4-5-12(11(17)8-9)19-15(20)10-2-1-3-13-14(10)21-7-6-18-13/h1-5,8,18H,6-7H2,(H,19,20). The van der Waals surface area contributed by atoms with Crippen LogP contribution >= 0.6 is 11.6 Å². The molecule has 1 aliphatic rings. The van der Waals surface area contributed by atoms with E-state index >= 15 is 0 Å². The minimum Gasteiger partial charge on any atom is -0.489 e. The van der Waals surface area contributed by atoms with Crippen molar-refractivity contribution in [2.45, 2.75) is 0 Å². The lowest BCUT2D eigenvalue weighted by Crippen LogP contribution is -2.22. The lowest BCUT2D eigenvalue weighted by molar-refractivity contribution is 0.102. The van der Waals surface area contributed by atoms with Gasteiger partial charge in [-0.2, -0.15) is 0 Å². The zero-order valence-corrected chi connectivity index (χ0v) is 11.7. The predicted octanol–water partition coefficient (Wildman–Crippen LogP) is 3.54. The lowest BCUT2D eigenvalue weighted by atomic mass is 10.1. The molecule has 0 bridgehead atoms. The van der Waals surface area contributed by atoms with Crippen LogP contribution in [0.25, 0.3) is 0 Å². The number of anilines is 2. The van der Waals surface area contributed by atoms with Gasteiger partial charge in [0.1, 0.15) is 12.4 Å². The number of ether oxygens (including phenoxy) is 1. The van der Waals surface area contributed by atoms with Crippen LogP contribution in [0, 0.1) is 5.82 Å². The molecule has 2 aromatic carbocycles. The summed E-state index contributed by atoms with van der Waals surface area (Å²) in [6.45, 7) is 1.16. The van der Waals surface area contributed by atoms with Crippen LogP contribution in [0.2, 0.25) is 5.02 Å². The maximum Gasteiger partial charge on any atom is 0.259 e. The lowest BCUT2D eigenvalue weighted by Gasteiger charge is -2.21. The summed E-state index contributed by atoms with van der Waals surface area (Å²) < 4.78 is 19.2. The number of halogens is 2. The highest BCUT2D eigenvalue weighted by Gasteiger charge is 2.19. The molecule has 0 unspecified atom stereocenters. The van der Waals surface area contributed by atoms with Crippen molar-refractivity contribution in [3.05, 3.63) is 52.8 Å². The van der Waals surface area contributed by atoms with E-state index in [1.165, 1.54) is 12.1 Å². The highest BCUT2D eigenvalue weighted by atomic mass is 35.5. The molecule has 0 radical (unpaired) electrons. The molecule has 0 saturated carbocycles. The van der Waals surface area contributed by atoms with Crippen LogP contribution < -0.4 is 15.4 Å². The Balaban J connectivity index is 1.89. The number of hydrogen-bond acceptors (Lipinski definition) is 3. The number of benzene rings is 2. The molecule has 0 atom stereocenters. The summed E-state index contributed by atoms with van der Waals surface area (Å²) in [6, 6.07) is 9.29. The molecule has 21 heavy (non-hydrogen) atoms. The summed E-state index contributed by atoms with van der Waals surface area (Å²) in [5, 5.41) is 5.94. The number of carbonyl (C=O) groups excluding carboxylic acids is 1. The largest absolute Gasteiger partial charge is 0.489 e. The first-order valence-electron chi connectivity index (χ1n) is 6.41. The van der Waals surface area contributed by atoms with Crippen LogP contribution in [-0.4, -0.2) is 19.1 Å². The van der Waals surface area contributed by atoms with E-state index in [0.717, 1.165) is 11.8 Å². The quantitative estimate of drug-likeness (QED) is 0.892. The summed E-state index contributed by atoms with van der Waals surface area (Å²) in [4.78, 5) is 12.3. The Kier molecular flexibility index (Phi) is 3.66. The van der Waals surface area contributed by atoms with Gasteiger partial charge in [0.2, 0.25) is 0 Å². The SMILES string of the molecule is O=C(Nc1ccc(Cl)cc1F)c1cccc2c1OCCN2. The van der Waals surface area contributed by atoms with Crippen molar-refractivity contribution >= 4 is 28.9 Å². The Bertz CT molecular complexity index is 706. The van der Waals surface area contributed by atoms with Crippen molar-refractivity contribution in [1.82, 2.24) is 0 Å². The topological polar surface area (TPSA) is 50.4 Å². The summed E-state index contributed by atoms with van der Waals surface area (Å²) in [5.41, 5.74) is 1.19. The first-order valence-corrected chi connectivity index (χ1v) is 6.79. The maximum absolute atomic E-state index is 13.7. The van der Waals surface area contributed by atoms with Gasteiger partial charge in [0.15, 0.2) is 5.75 Å². The fraction of sp³-hybridized carbons (Fsp3) is 0.133. The number of hydrogen-bond donors (Lipinski definition) is 2. The van der Waals surface area contributed by atoms with E-state index in [0.29, 0.717) is 24.5 Å². The fourth-order valence-corrected chi connectivity index (χ4v) is 2.29. The van der Waals surface area contributed by atoms with Gasteiger partial charge < -0.3 is 15.4 Å². The third-order valence-corrected chi connectivity index (χ3v) is 3.34. The van der Waals surface area contributed by atoms with E-state index < -0.39 is 11.7 Å². The molecular formula is C15H12ClFN2O2. The van der Waals surface area contributed by atoms with Gasteiger partial charge in [-0.05, 0) is 30.3 Å². The molecule has 0 fully saturated rings. The highest BCUT2D eigenvalue weighted by Crippen LogP contribution is 2.32. The van der Waals surface area contributed by atoms with Crippen LogP contribution in [-0.2, 0) is 0 Å². The minimum atomic E-state index is -0.584. The van der Waals surface area contributed by atoms with E-state index in [1.54, 1.807) is 12.1 Å². The monoisotopic (exact) mass is 306 g/mol. The smallest absolute Gasteiger partial charge is 0.259 e. The molecule has 0 spiro atoms. The molecule has 3 rings (SSSR count). The molecule has 0 saturated heterocycles. The van der Waals surface area contributed by atoms with E-state index in [2.05, 4.69) is 10.6 Å². The Hall–Kier alpha value is -2.27. The van der Waals surface area contributed by atoms with Crippen LogP contribution in [0.1, 0.15) is 10.4 Å². The van der Waals surface area contributed by atoms with E-state index in [1.807, 2.05) is 6.07 Å². The first kappa shape index (κ1) is 13.7. The van der Waals surface area contributed by atoms with Crippen LogP contribution in [0.5, 0.6) is 5.75 Å². The second kappa shape index (κ2) is 5.61. The van der Waals surface area contributed by atoms with Crippen LogP contribution in [0.15, 0.2) is 36.4 Å². The van der Waals surface area contributed by atoms with Gasteiger partial charge in [0.05, 0.1) is 16.9 Å². The Labute approximate surface area is 125 Å². The molecule has 2 aromatic rings. The van der Waals surface area contributed by atoms with Crippen molar-refractivity contribution in [2.75, 3.05) is 23.8 Å². The molecule has 4 nitrogen and oxygen atoms in total. The van der Waals surface area contributed by atoms with Crippen molar-refractivity contribution in [2.24, 2.45) is 0 Å². The summed E-state index contributed by atoms with van der Waals surface area (Å²) in [5.74, 6) is -0.535. The number of amides is 1. The molecule has 1 aliphatic heterocycles. The number of fused-ring (bicyclic) bond motifs is 1. The average Bonchev–Trinajstić information content (AvgIpc) is 2.49. The normalized spacial score (nSPS) is 12.9. The van der Waals surface area contributed by atoms with E-state index in [4.69, 9.17) is 16.3 Å². The van der Waals surface area contributed by atoms with Gasteiger partial charge in [0, 0.05) is 11.6 Å². The van der Waals surface area contributed by atoms with Crippen molar-refractivity contribution in [3.63, 3.8) is 0 Å². The first-order chi connectivity index (χ1) is 10.1. The average molecular weight is 307 g/mol. The van der Waals surface area contributed by atoms with Gasteiger partial charge in [-0.3, -0.25) is 4.79 Å². The van der Waals surface area contributed by atoms with Gasteiger partial charge in [-0.25, -0.2) is 4.39 Å². The summed E-state index contributed by atoms with van der Waals surface area (Å²) in [6.07, 6.45) is 0. The van der Waals surface area contributed by atoms with Crippen molar-refractivity contribution in [1.29, 1.82) is 0 Å². The maximum atomic E-state index is 13.7.